The number of carbonyl (C=O) groups excluding carboxylic acids is 1. The van der Waals surface area contributed by atoms with Gasteiger partial charge < -0.3 is 4.90 Å². The zero-order valence-corrected chi connectivity index (χ0v) is 16.1. The molecule has 0 N–H and O–H groups in total. The van der Waals surface area contributed by atoms with E-state index in [1.807, 2.05) is 29.2 Å². The summed E-state index contributed by atoms with van der Waals surface area (Å²) in [5.41, 5.74) is 0.873. The molecule has 1 saturated heterocycles. The van der Waals surface area contributed by atoms with Crippen molar-refractivity contribution in [3.63, 3.8) is 0 Å². The second-order valence-electron chi connectivity index (χ2n) is 6.38. The van der Waals surface area contributed by atoms with Gasteiger partial charge in [-0.15, -0.1) is 5.10 Å². The first kappa shape index (κ1) is 17.4. The Bertz CT molecular complexity index is 695. The van der Waals surface area contributed by atoms with Crippen LogP contribution in [0.15, 0.2) is 33.9 Å². The van der Waals surface area contributed by atoms with Gasteiger partial charge in [0.05, 0.1) is 11.4 Å². The fourth-order valence-corrected chi connectivity index (χ4v) is 4.16. The number of piperidine rings is 1. The summed E-state index contributed by atoms with van der Waals surface area (Å²) in [7, 11) is 0. The van der Waals surface area contributed by atoms with Gasteiger partial charge in [-0.3, -0.25) is 4.79 Å². The molecule has 128 valence electrons. The highest BCUT2D eigenvalue weighted by molar-refractivity contribution is 9.10. The highest BCUT2D eigenvalue weighted by Gasteiger charge is 2.25. The van der Waals surface area contributed by atoms with Gasteiger partial charge >= 0.3 is 0 Å². The Morgan fingerprint density at radius 1 is 1.25 bits per heavy atom. The van der Waals surface area contributed by atoms with Gasteiger partial charge in [0, 0.05) is 17.6 Å². The summed E-state index contributed by atoms with van der Waals surface area (Å²) in [4.78, 5) is 14.5. The van der Waals surface area contributed by atoms with Crippen molar-refractivity contribution in [3.05, 3.63) is 28.7 Å². The van der Waals surface area contributed by atoms with E-state index in [9.17, 15) is 4.79 Å². The van der Waals surface area contributed by atoms with Crippen LogP contribution in [0.2, 0.25) is 0 Å². The Morgan fingerprint density at radius 2 is 1.92 bits per heavy atom. The summed E-state index contributed by atoms with van der Waals surface area (Å²) in [6.07, 6.45) is 1.19. The number of thioether (sulfide) groups is 1. The lowest BCUT2D eigenvalue weighted by molar-refractivity contribution is -0.130. The van der Waals surface area contributed by atoms with E-state index in [0.717, 1.165) is 23.2 Å². The SMILES string of the molecule is CC1CC(C)CN(C(=O)CSc2nnnn2-c2ccc(Br)cc2)C1. The monoisotopic (exact) mass is 409 g/mol. The van der Waals surface area contributed by atoms with E-state index < -0.39 is 0 Å². The van der Waals surface area contributed by atoms with Gasteiger partial charge in [-0.25, -0.2) is 0 Å². The largest absolute Gasteiger partial charge is 0.341 e. The normalized spacial score (nSPS) is 21.0. The Morgan fingerprint density at radius 3 is 2.58 bits per heavy atom. The van der Waals surface area contributed by atoms with Crippen molar-refractivity contribution in [3.8, 4) is 5.69 Å². The summed E-state index contributed by atoms with van der Waals surface area (Å²) in [6, 6.07) is 7.74. The third-order valence-corrected chi connectivity index (χ3v) is 5.49. The van der Waals surface area contributed by atoms with Crippen LogP contribution in [0.1, 0.15) is 20.3 Å². The van der Waals surface area contributed by atoms with Crippen molar-refractivity contribution in [2.45, 2.75) is 25.4 Å². The molecule has 1 aromatic carbocycles. The maximum Gasteiger partial charge on any atom is 0.233 e. The van der Waals surface area contributed by atoms with E-state index in [0.29, 0.717) is 22.7 Å². The Balaban J connectivity index is 1.64. The number of aromatic nitrogens is 4. The molecular formula is C16H20BrN5OS. The third kappa shape index (κ3) is 4.16. The molecule has 0 bridgehead atoms. The summed E-state index contributed by atoms with van der Waals surface area (Å²) < 4.78 is 2.66. The summed E-state index contributed by atoms with van der Waals surface area (Å²) >= 11 is 4.80. The standard InChI is InChI=1S/C16H20BrN5OS/c1-11-7-12(2)9-21(8-11)15(23)10-24-16-18-19-20-22(16)14-5-3-13(17)4-6-14/h3-6,11-12H,7-10H2,1-2H3. The molecule has 6 nitrogen and oxygen atoms in total. The molecule has 0 saturated carbocycles. The van der Waals surface area contributed by atoms with Crippen LogP contribution in [0.5, 0.6) is 0 Å². The van der Waals surface area contributed by atoms with Gasteiger partial charge in [0.2, 0.25) is 11.1 Å². The Labute approximate surface area is 154 Å². The smallest absolute Gasteiger partial charge is 0.233 e. The fraction of sp³-hybridized carbons (Fsp3) is 0.500. The molecule has 0 aliphatic carbocycles. The number of amides is 1. The van der Waals surface area contributed by atoms with Gasteiger partial charge in [0.15, 0.2) is 0 Å². The maximum atomic E-state index is 12.5. The van der Waals surface area contributed by atoms with Crippen molar-refractivity contribution >= 4 is 33.6 Å². The van der Waals surface area contributed by atoms with Crippen molar-refractivity contribution < 1.29 is 4.79 Å². The van der Waals surface area contributed by atoms with Crippen LogP contribution in [-0.2, 0) is 4.79 Å². The fourth-order valence-electron chi connectivity index (χ4n) is 3.10. The third-order valence-electron chi connectivity index (χ3n) is 4.06. The summed E-state index contributed by atoms with van der Waals surface area (Å²) in [5, 5.41) is 12.4. The van der Waals surface area contributed by atoms with Crippen LogP contribution in [-0.4, -0.2) is 49.9 Å². The van der Waals surface area contributed by atoms with Crippen LogP contribution >= 0.6 is 27.7 Å². The minimum atomic E-state index is 0.156. The predicted octanol–water partition coefficient (Wildman–Crippen LogP) is 3.02. The first-order valence-corrected chi connectivity index (χ1v) is 9.75. The molecule has 1 fully saturated rings. The number of hydrogen-bond acceptors (Lipinski definition) is 5. The summed E-state index contributed by atoms with van der Waals surface area (Å²) in [5.74, 6) is 1.64. The number of hydrogen-bond donors (Lipinski definition) is 0. The molecular weight excluding hydrogens is 390 g/mol. The lowest BCUT2D eigenvalue weighted by atomic mass is 9.92. The van der Waals surface area contributed by atoms with Crippen molar-refractivity contribution in [1.29, 1.82) is 0 Å². The minimum Gasteiger partial charge on any atom is -0.341 e. The molecule has 2 atom stereocenters. The number of rotatable bonds is 4. The highest BCUT2D eigenvalue weighted by atomic mass is 79.9. The molecule has 24 heavy (non-hydrogen) atoms. The number of tetrazole rings is 1. The molecule has 0 spiro atoms. The van der Waals surface area contributed by atoms with E-state index in [2.05, 4.69) is 45.3 Å². The van der Waals surface area contributed by atoms with Gasteiger partial charge in [0.1, 0.15) is 0 Å². The molecule has 2 aromatic rings. The van der Waals surface area contributed by atoms with Gasteiger partial charge in [-0.2, -0.15) is 4.68 Å². The number of halogens is 1. The van der Waals surface area contributed by atoms with Gasteiger partial charge in [-0.1, -0.05) is 41.5 Å². The van der Waals surface area contributed by atoms with Crippen LogP contribution in [0, 0.1) is 11.8 Å². The Hall–Kier alpha value is -1.41. The molecule has 2 heterocycles. The molecule has 1 aliphatic heterocycles. The molecule has 0 radical (unpaired) electrons. The Kier molecular flexibility index (Phi) is 5.55. The lowest BCUT2D eigenvalue weighted by Gasteiger charge is -2.34. The van der Waals surface area contributed by atoms with Crippen LogP contribution < -0.4 is 0 Å². The second-order valence-corrected chi connectivity index (χ2v) is 8.24. The topological polar surface area (TPSA) is 63.9 Å². The first-order chi connectivity index (χ1) is 11.5. The van der Waals surface area contributed by atoms with Crippen LogP contribution in [0.3, 0.4) is 0 Å². The van der Waals surface area contributed by atoms with E-state index in [4.69, 9.17) is 0 Å². The lowest BCUT2D eigenvalue weighted by Crippen LogP contribution is -2.43. The predicted molar refractivity (Wildman–Crippen MR) is 97.1 cm³/mol. The molecule has 3 rings (SSSR count). The zero-order chi connectivity index (χ0) is 17.1. The zero-order valence-electron chi connectivity index (χ0n) is 13.7. The average molecular weight is 410 g/mol. The second kappa shape index (κ2) is 7.65. The van der Waals surface area contributed by atoms with Crippen molar-refractivity contribution in [1.82, 2.24) is 25.1 Å². The van der Waals surface area contributed by atoms with Gasteiger partial charge in [-0.05, 0) is 52.9 Å². The number of benzene rings is 1. The highest BCUT2D eigenvalue weighted by Crippen LogP contribution is 2.24. The van der Waals surface area contributed by atoms with E-state index in [1.54, 1.807) is 4.68 Å². The van der Waals surface area contributed by atoms with Crippen LogP contribution in [0.25, 0.3) is 5.69 Å². The first-order valence-electron chi connectivity index (χ1n) is 7.98. The maximum absolute atomic E-state index is 12.5. The number of carbonyl (C=O) groups is 1. The quantitative estimate of drug-likeness (QED) is 0.726. The van der Waals surface area contributed by atoms with Crippen LogP contribution in [0.4, 0.5) is 0 Å². The average Bonchev–Trinajstić information content (AvgIpc) is 3.01. The minimum absolute atomic E-state index is 0.156. The molecule has 8 heteroatoms. The number of nitrogens with zero attached hydrogens (tertiary/aromatic N) is 5. The van der Waals surface area contributed by atoms with Crippen molar-refractivity contribution in [2.75, 3.05) is 18.8 Å². The molecule has 1 aliphatic rings. The van der Waals surface area contributed by atoms with E-state index >= 15 is 0 Å². The molecule has 1 amide bonds. The van der Waals surface area contributed by atoms with E-state index in [1.165, 1.54) is 18.2 Å². The molecule has 1 aromatic heterocycles. The van der Waals surface area contributed by atoms with E-state index in [-0.39, 0.29) is 5.91 Å². The summed E-state index contributed by atoms with van der Waals surface area (Å²) in [6.45, 7) is 6.11. The number of likely N-dealkylation sites (tertiary alicyclic amines) is 1. The molecule has 2 unspecified atom stereocenters. The van der Waals surface area contributed by atoms with Gasteiger partial charge in [0.25, 0.3) is 0 Å². The van der Waals surface area contributed by atoms with Crippen molar-refractivity contribution in [2.24, 2.45) is 11.8 Å².